The van der Waals surface area contributed by atoms with E-state index in [1.54, 1.807) is 0 Å². The number of fused-ring (bicyclic) bond motifs is 1. The Kier molecular flexibility index (Phi) is 4.51. The van der Waals surface area contributed by atoms with Crippen LogP contribution in [0.3, 0.4) is 0 Å². The molecule has 0 saturated carbocycles. The molecule has 1 aromatic heterocycles. The molecule has 0 aliphatic carbocycles. The third-order valence-corrected chi connectivity index (χ3v) is 4.79. The van der Waals surface area contributed by atoms with Gasteiger partial charge in [-0.25, -0.2) is 0 Å². The van der Waals surface area contributed by atoms with E-state index in [4.69, 9.17) is 0 Å². The number of hydrazone groups is 1. The lowest BCUT2D eigenvalue weighted by molar-refractivity contribution is 1.30. The van der Waals surface area contributed by atoms with Crippen LogP contribution < -0.4 is 5.43 Å². The molecule has 3 nitrogen and oxygen atoms in total. The van der Waals surface area contributed by atoms with E-state index < -0.39 is 0 Å². The average Bonchev–Trinajstić information content (AvgIpc) is 3.07. The highest BCUT2D eigenvalue weighted by molar-refractivity contribution is 6.12. The number of aromatic nitrogens is 1. The number of benzene rings is 3. The van der Waals surface area contributed by atoms with Crippen LogP contribution in [0.1, 0.15) is 23.7 Å². The molecule has 0 aliphatic rings. The summed E-state index contributed by atoms with van der Waals surface area (Å²) in [6.07, 6.45) is 0. The molecule has 134 valence electrons. The number of nitrogens with zero attached hydrogens (tertiary/aromatic N) is 1. The zero-order valence-corrected chi connectivity index (χ0v) is 15.9. The molecule has 0 aliphatic heterocycles. The first kappa shape index (κ1) is 17.1. The number of hydrogen-bond donors (Lipinski definition) is 2. The molecule has 3 aromatic carbocycles. The van der Waals surface area contributed by atoms with E-state index in [0.717, 1.165) is 22.6 Å². The summed E-state index contributed by atoms with van der Waals surface area (Å²) in [7, 11) is 0. The zero-order chi connectivity index (χ0) is 18.8. The monoisotopic (exact) mass is 353 g/mol. The molecule has 4 rings (SSSR count). The summed E-state index contributed by atoms with van der Waals surface area (Å²) in [5, 5.41) is 5.89. The Hall–Kier alpha value is -3.33. The van der Waals surface area contributed by atoms with Gasteiger partial charge < -0.3 is 4.98 Å². The van der Waals surface area contributed by atoms with Gasteiger partial charge in [0.25, 0.3) is 0 Å². The third-order valence-electron chi connectivity index (χ3n) is 4.79. The molecule has 27 heavy (non-hydrogen) atoms. The molecular weight excluding hydrogens is 330 g/mol. The summed E-state index contributed by atoms with van der Waals surface area (Å²) in [5.74, 6) is 0. The lowest BCUT2D eigenvalue weighted by atomic mass is 9.97. The second-order valence-corrected chi connectivity index (χ2v) is 6.92. The number of rotatable bonds is 4. The number of anilines is 1. The smallest absolute Gasteiger partial charge is 0.0817 e. The van der Waals surface area contributed by atoms with E-state index in [1.165, 1.54) is 27.6 Å². The van der Waals surface area contributed by atoms with Crippen LogP contribution in [0.2, 0.25) is 0 Å². The molecule has 3 heteroatoms. The molecular formula is C24H23N3. The van der Waals surface area contributed by atoms with Gasteiger partial charge in [0.1, 0.15) is 0 Å². The first-order valence-corrected chi connectivity index (χ1v) is 9.17. The second kappa shape index (κ2) is 7.12. The second-order valence-electron chi connectivity index (χ2n) is 6.92. The topological polar surface area (TPSA) is 40.2 Å². The minimum absolute atomic E-state index is 0.922. The van der Waals surface area contributed by atoms with E-state index >= 15 is 0 Å². The SMILES string of the molecule is C/C(=N\Nc1ccccc1)c1[nH]c2cc(C)cc(C)c2c1-c1ccccc1. The van der Waals surface area contributed by atoms with Crippen molar-refractivity contribution < 1.29 is 0 Å². The molecule has 0 radical (unpaired) electrons. The number of hydrogen-bond acceptors (Lipinski definition) is 2. The fraction of sp³-hybridized carbons (Fsp3) is 0.125. The average molecular weight is 353 g/mol. The Labute approximate surface area is 159 Å². The van der Waals surface area contributed by atoms with Gasteiger partial charge in [0, 0.05) is 16.5 Å². The maximum Gasteiger partial charge on any atom is 0.0817 e. The highest BCUT2D eigenvalue weighted by atomic mass is 15.3. The van der Waals surface area contributed by atoms with Crippen molar-refractivity contribution in [3.8, 4) is 11.1 Å². The fourth-order valence-corrected chi connectivity index (χ4v) is 3.60. The Morgan fingerprint density at radius 3 is 2.26 bits per heavy atom. The van der Waals surface area contributed by atoms with E-state index in [1.807, 2.05) is 43.3 Å². The van der Waals surface area contributed by atoms with E-state index in [-0.39, 0.29) is 0 Å². The normalized spacial score (nSPS) is 11.7. The predicted octanol–water partition coefficient (Wildman–Crippen LogP) is 6.29. The maximum atomic E-state index is 4.63. The van der Waals surface area contributed by atoms with Crippen molar-refractivity contribution in [1.29, 1.82) is 0 Å². The summed E-state index contributed by atoms with van der Waals surface area (Å²) < 4.78 is 0. The molecule has 1 heterocycles. The first-order chi connectivity index (χ1) is 13.1. The van der Waals surface area contributed by atoms with Crippen LogP contribution >= 0.6 is 0 Å². The summed E-state index contributed by atoms with van der Waals surface area (Å²) in [6.45, 7) is 6.34. The summed E-state index contributed by atoms with van der Waals surface area (Å²) >= 11 is 0. The lowest BCUT2D eigenvalue weighted by Crippen LogP contribution is -2.02. The largest absolute Gasteiger partial charge is 0.353 e. The number of para-hydroxylation sites is 1. The van der Waals surface area contributed by atoms with Crippen LogP contribution in [0, 0.1) is 13.8 Å². The maximum absolute atomic E-state index is 4.63. The third kappa shape index (κ3) is 3.36. The number of aromatic amines is 1. The Balaban J connectivity index is 1.88. The zero-order valence-electron chi connectivity index (χ0n) is 15.9. The van der Waals surface area contributed by atoms with Gasteiger partial charge in [0.15, 0.2) is 0 Å². The molecule has 0 atom stereocenters. The van der Waals surface area contributed by atoms with E-state index in [0.29, 0.717) is 0 Å². The predicted molar refractivity (Wildman–Crippen MR) is 115 cm³/mol. The van der Waals surface area contributed by atoms with Crippen molar-refractivity contribution in [2.75, 3.05) is 5.43 Å². The minimum Gasteiger partial charge on any atom is -0.353 e. The Morgan fingerprint density at radius 1 is 0.889 bits per heavy atom. The van der Waals surface area contributed by atoms with Gasteiger partial charge in [0.05, 0.1) is 17.1 Å². The molecule has 0 fully saturated rings. The molecule has 2 N–H and O–H groups in total. The molecule has 0 amide bonds. The number of H-pyrrole nitrogens is 1. The van der Waals surface area contributed by atoms with Crippen LogP contribution in [0.25, 0.3) is 22.0 Å². The van der Waals surface area contributed by atoms with Gasteiger partial charge in [-0.05, 0) is 55.7 Å². The van der Waals surface area contributed by atoms with Crippen molar-refractivity contribution in [2.45, 2.75) is 20.8 Å². The fourth-order valence-electron chi connectivity index (χ4n) is 3.60. The van der Waals surface area contributed by atoms with Crippen molar-refractivity contribution in [3.05, 3.63) is 89.6 Å². The van der Waals surface area contributed by atoms with Crippen LogP contribution in [0.15, 0.2) is 77.9 Å². The number of nitrogens with one attached hydrogen (secondary N) is 2. The quantitative estimate of drug-likeness (QED) is 0.328. The van der Waals surface area contributed by atoms with Crippen LogP contribution in [0.5, 0.6) is 0 Å². The van der Waals surface area contributed by atoms with Gasteiger partial charge in [-0.15, -0.1) is 0 Å². The molecule has 0 spiro atoms. The summed E-state index contributed by atoms with van der Waals surface area (Å²) in [4.78, 5) is 3.61. The standard InChI is InChI=1S/C24H23N3/c1-16-14-17(2)22-21(15-16)25-24(23(22)19-10-6-4-7-11-19)18(3)26-27-20-12-8-5-9-13-20/h4-15,25,27H,1-3H3/b26-18+. The van der Waals surface area contributed by atoms with Gasteiger partial charge in [-0.3, -0.25) is 5.43 Å². The molecule has 4 aromatic rings. The number of aryl methyl sites for hydroxylation is 2. The molecule has 0 bridgehead atoms. The van der Waals surface area contributed by atoms with Crippen molar-refractivity contribution in [2.24, 2.45) is 5.10 Å². The minimum atomic E-state index is 0.922. The van der Waals surface area contributed by atoms with E-state index in [2.05, 4.69) is 65.8 Å². The van der Waals surface area contributed by atoms with Crippen LogP contribution in [-0.4, -0.2) is 10.7 Å². The Bertz CT molecular complexity index is 1110. The molecule has 0 unspecified atom stereocenters. The van der Waals surface area contributed by atoms with Gasteiger partial charge in [-0.1, -0.05) is 54.6 Å². The van der Waals surface area contributed by atoms with Gasteiger partial charge in [-0.2, -0.15) is 5.10 Å². The highest BCUT2D eigenvalue weighted by Gasteiger charge is 2.17. The van der Waals surface area contributed by atoms with Crippen LogP contribution in [-0.2, 0) is 0 Å². The van der Waals surface area contributed by atoms with Gasteiger partial charge >= 0.3 is 0 Å². The lowest BCUT2D eigenvalue weighted by Gasteiger charge is -2.08. The summed E-state index contributed by atoms with van der Waals surface area (Å²) in [5.41, 5.74) is 12.2. The van der Waals surface area contributed by atoms with Crippen molar-refractivity contribution in [1.82, 2.24) is 4.98 Å². The Morgan fingerprint density at radius 2 is 1.56 bits per heavy atom. The van der Waals surface area contributed by atoms with E-state index in [9.17, 15) is 0 Å². The summed E-state index contributed by atoms with van der Waals surface area (Å²) in [6, 6.07) is 25.0. The highest BCUT2D eigenvalue weighted by Crippen LogP contribution is 2.35. The van der Waals surface area contributed by atoms with Crippen molar-refractivity contribution >= 4 is 22.3 Å². The van der Waals surface area contributed by atoms with Gasteiger partial charge in [0.2, 0.25) is 0 Å². The molecule has 0 saturated heterocycles. The van der Waals surface area contributed by atoms with Crippen molar-refractivity contribution in [3.63, 3.8) is 0 Å². The van der Waals surface area contributed by atoms with Crippen LogP contribution in [0.4, 0.5) is 5.69 Å². The first-order valence-electron chi connectivity index (χ1n) is 9.17.